The zero-order valence-corrected chi connectivity index (χ0v) is 7.21. The van der Waals surface area contributed by atoms with Crippen molar-refractivity contribution in [1.29, 1.82) is 0 Å². The molecule has 0 amide bonds. The van der Waals surface area contributed by atoms with Gasteiger partial charge in [-0.15, -0.1) is 0 Å². The number of hydrogen-bond donors (Lipinski definition) is 0. The van der Waals surface area contributed by atoms with Gasteiger partial charge in [-0.3, -0.25) is 4.79 Å². The molecule has 0 aromatic heterocycles. The lowest BCUT2D eigenvalue weighted by atomic mass is 10.1. The van der Waals surface area contributed by atoms with Crippen LogP contribution in [0.1, 0.15) is 29.9 Å². The summed E-state index contributed by atoms with van der Waals surface area (Å²) in [6, 6.07) is 7.74. The van der Waals surface area contributed by atoms with Gasteiger partial charge in [0.25, 0.3) is 0 Å². The van der Waals surface area contributed by atoms with Gasteiger partial charge in [0.15, 0.2) is 5.43 Å². The van der Waals surface area contributed by atoms with E-state index >= 15 is 0 Å². The Morgan fingerprint density at radius 2 is 1.92 bits per heavy atom. The van der Waals surface area contributed by atoms with Gasteiger partial charge in [0.1, 0.15) is 0 Å². The van der Waals surface area contributed by atoms with Gasteiger partial charge in [0.2, 0.25) is 0 Å². The number of hydrogen-bond acceptors (Lipinski definition) is 1. The van der Waals surface area contributed by atoms with E-state index in [-0.39, 0.29) is 5.43 Å². The molecule has 0 N–H and O–H groups in total. The van der Waals surface area contributed by atoms with Crippen molar-refractivity contribution in [2.45, 2.75) is 25.7 Å². The maximum atomic E-state index is 11.7. The second kappa shape index (κ2) is 2.74. The van der Waals surface area contributed by atoms with Crippen molar-refractivity contribution in [1.82, 2.24) is 0 Å². The van der Waals surface area contributed by atoms with E-state index in [0.717, 1.165) is 11.1 Å². The summed E-state index contributed by atoms with van der Waals surface area (Å²) < 4.78 is 0. The molecule has 62 valence electrons. The maximum absolute atomic E-state index is 11.7. The summed E-state index contributed by atoms with van der Waals surface area (Å²) in [5, 5.41) is 0. The molecule has 1 nitrogen and oxygen atoms in total. The van der Waals surface area contributed by atoms with E-state index in [1.807, 2.05) is 31.2 Å². The van der Waals surface area contributed by atoms with Crippen molar-refractivity contribution >= 4 is 0 Å². The second-order valence-corrected chi connectivity index (χ2v) is 3.46. The number of rotatable bonds is 1. The molecule has 1 aromatic rings. The van der Waals surface area contributed by atoms with Crippen LogP contribution in [0.5, 0.6) is 0 Å². The van der Waals surface area contributed by atoms with Gasteiger partial charge in [0, 0.05) is 5.56 Å². The molecule has 2 rings (SSSR count). The predicted molar refractivity (Wildman–Crippen MR) is 49.4 cm³/mol. The zero-order chi connectivity index (χ0) is 8.55. The van der Waals surface area contributed by atoms with E-state index in [9.17, 15) is 4.79 Å². The van der Waals surface area contributed by atoms with Crippen molar-refractivity contribution in [3.05, 3.63) is 45.6 Å². The van der Waals surface area contributed by atoms with E-state index in [2.05, 4.69) is 0 Å². The van der Waals surface area contributed by atoms with E-state index in [1.54, 1.807) is 0 Å². The molecule has 1 heteroatoms. The average Bonchev–Trinajstić information content (AvgIpc) is 2.84. The third kappa shape index (κ3) is 1.27. The Balaban J connectivity index is 2.62. The molecule has 1 fully saturated rings. The Bertz CT molecular complexity index is 350. The molecule has 0 spiro atoms. The lowest BCUT2D eigenvalue weighted by molar-refractivity contribution is 1.10. The van der Waals surface area contributed by atoms with Gasteiger partial charge in [-0.2, -0.15) is 0 Å². The Kier molecular flexibility index (Phi) is 1.72. The molecule has 0 radical (unpaired) electrons. The molecule has 0 aliphatic heterocycles. The molecule has 0 heterocycles. The predicted octanol–water partition coefficient (Wildman–Crippen LogP) is 2.23. The van der Waals surface area contributed by atoms with Gasteiger partial charge in [0.05, 0.1) is 0 Å². The maximum Gasteiger partial charge on any atom is 0.184 e. The van der Waals surface area contributed by atoms with Crippen molar-refractivity contribution in [2.24, 2.45) is 0 Å². The van der Waals surface area contributed by atoms with Crippen LogP contribution in [0, 0.1) is 6.92 Å². The first-order valence-corrected chi connectivity index (χ1v) is 4.39. The summed E-state index contributed by atoms with van der Waals surface area (Å²) in [5.41, 5.74) is 2.11. The fourth-order valence-electron chi connectivity index (χ4n) is 1.45. The molecule has 1 aromatic carbocycles. The standard InChI is InChI=1S/C11H12O/c1-8-4-2-3-5-10(11(8)12)9-6-7-9/h2-5,9H,6-7H2,1H3. The normalized spacial score (nSPS) is 16.1. The molecule has 12 heavy (non-hydrogen) atoms. The second-order valence-electron chi connectivity index (χ2n) is 3.46. The molecule has 0 unspecified atom stereocenters. The first-order chi connectivity index (χ1) is 5.79. The van der Waals surface area contributed by atoms with Crippen LogP contribution in [0.2, 0.25) is 0 Å². The summed E-state index contributed by atoms with van der Waals surface area (Å²) in [6.07, 6.45) is 2.39. The topological polar surface area (TPSA) is 17.1 Å². The van der Waals surface area contributed by atoms with Gasteiger partial charge in [-0.05, 0) is 31.2 Å². The summed E-state index contributed by atoms with van der Waals surface area (Å²) in [7, 11) is 0. The third-order valence-electron chi connectivity index (χ3n) is 2.37. The quantitative estimate of drug-likeness (QED) is 0.615. The fraction of sp³-hybridized carbons (Fsp3) is 0.364. The van der Waals surface area contributed by atoms with Crippen LogP contribution < -0.4 is 5.43 Å². The highest BCUT2D eigenvalue weighted by molar-refractivity contribution is 5.27. The molecular formula is C11H12O. The minimum Gasteiger partial charge on any atom is -0.289 e. The van der Waals surface area contributed by atoms with Crippen LogP contribution >= 0.6 is 0 Å². The van der Waals surface area contributed by atoms with E-state index in [0.29, 0.717) is 5.92 Å². The minimum atomic E-state index is 0.238. The van der Waals surface area contributed by atoms with Crippen molar-refractivity contribution in [2.75, 3.05) is 0 Å². The summed E-state index contributed by atoms with van der Waals surface area (Å²) in [4.78, 5) is 11.7. The molecule has 0 atom stereocenters. The van der Waals surface area contributed by atoms with Crippen LogP contribution in [-0.2, 0) is 0 Å². The van der Waals surface area contributed by atoms with Gasteiger partial charge < -0.3 is 0 Å². The monoisotopic (exact) mass is 160 g/mol. The Morgan fingerprint density at radius 3 is 2.58 bits per heavy atom. The SMILES string of the molecule is Cc1ccccc(C2CC2)c1=O. The lowest BCUT2D eigenvalue weighted by Crippen LogP contribution is -2.06. The van der Waals surface area contributed by atoms with Crippen LogP contribution in [0.15, 0.2) is 29.1 Å². The van der Waals surface area contributed by atoms with Gasteiger partial charge in [-0.25, -0.2) is 0 Å². The molecular weight excluding hydrogens is 148 g/mol. The third-order valence-corrected chi connectivity index (χ3v) is 2.37. The smallest absolute Gasteiger partial charge is 0.184 e. The summed E-state index contributed by atoms with van der Waals surface area (Å²) in [5.74, 6) is 0.559. The summed E-state index contributed by atoms with van der Waals surface area (Å²) >= 11 is 0. The largest absolute Gasteiger partial charge is 0.289 e. The van der Waals surface area contributed by atoms with Crippen molar-refractivity contribution in [3.63, 3.8) is 0 Å². The van der Waals surface area contributed by atoms with Gasteiger partial charge in [-0.1, -0.05) is 24.3 Å². The Morgan fingerprint density at radius 1 is 1.25 bits per heavy atom. The number of aryl methyl sites for hydroxylation is 1. The van der Waals surface area contributed by atoms with Crippen LogP contribution in [0.3, 0.4) is 0 Å². The molecule has 1 aliphatic rings. The lowest BCUT2D eigenvalue weighted by Gasteiger charge is -1.90. The molecule has 0 saturated heterocycles. The molecule has 1 saturated carbocycles. The molecule has 1 aliphatic carbocycles. The Labute approximate surface area is 72.1 Å². The van der Waals surface area contributed by atoms with E-state index in [4.69, 9.17) is 0 Å². The van der Waals surface area contributed by atoms with Crippen LogP contribution in [-0.4, -0.2) is 0 Å². The summed E-state index contributed by atoms with van der Waals surface area (Å²) in [6.45, 7) is 1.88. The zero-order valence-electron chi connectivity index (χ0n) is 7.21. The van der Waals surface area contributed by atoms with Crippen molar-refractivity contribution in [3.8, 4) is 0 Å². The van der Waals surface area contributed by atoms with Crippen LogP contribution in [0.4, 0.5) is 0 Å². The fourth-order valence-corrected chi connectivity index (χ4v) is 1.45. The molecule has 0 bridgehead atoms. The minimum absolute atomic E-state index is 0.238. The van der Waals surface area contributed by atoms with E-state index in [1.165, 1.54) is 12.8 Å². The van der Waals surface area contributed by atoms with Crippen molar-refractivity contribution < 1.29 is 0 Å². The average molecular weight is 160 g/mol. The van der Waals surface area contributed by atoms with E-state index < -0.39 is 0 Å². The Hall–Kier alpha value is -1.11. The van der Waals surface area contributed by atoms with Gasteiger partial charge >= 0.3 is 0 Å². The first kappa shape index (κ1) is 7.53. The first-order valence-electron chi connectivity index (χ1n) is 4.39. The highest BCUT2D eigenvalue weighted by Gasteiger charge is 2.25. The highest BCUT2D eigenvalue weighted by atomic mass is 16.1. The van der Waals surface area contributed by atoms with Crippen LogP contribution in [0.25, 0.3) is 0 Å². The highest BCUT2D eigenvalue weighted by Crippen LogP contribution is 2.38.